The molecule has 13 rings (SSSR count). The fourth-order valence-electron chi connectivity index (χ4n) is 10.4. The summed E-state index contributed by atoms with van der Waals surface area (Å²) in [5.41, 5.74) is 17.6. The van der Waals surface area contributed by atoms with Crippen molar-refractivity contribution >= 4 is 70.5 Å². The van der Waals surface area contributed by atoms with Crippen LogP contribution in [-0.4, -0.2) is 0 Å². The minimum atomic E-state index is -0.394. The first-order valence-corrected chi connectivity index (χ1v) is 20.7. The molecule has 2 heterocycles. The Kier molecular flexibility index (Phi) is 6.56. The maximum Gasteiger partial charge on any atom is 0.136 e. The summed E-state index contributed by atoms with van der Waals surface area (Å²) < 4.78 is 9.00. The topological polar surface area (TPSA) is 16.4 Å². The van der Waals surface area contributed by atoms with Crippen LogP contribution >= 0.6 is 11.3 Å². The molecular formula is C55H33NOS. The monoisotopic (exact) mass is 755 g/mol. The molecule has 2 nitrogen and oxygen atoms in total. The highest BCUT2D eigenvalue weighted by molar-refractivity contribution is 7.25. The van der Waals surface area contributed by atoms with Gasteiger partial charge in [0.2, 0.25) is 0 Å². The summed E-state index contributed by atoms with van der Waals surface area (Å²) in [7, 11) is 0. The molecule has 0 radical (unpaired) electrons. The smallest absolute Gasteiger partial charge is 0.136 e. The lowest BCUT2D eigenvalue weighted by molar-refractivity contribution is 0.669. The Bertz CT molecular complexity index is 3450. The van der Waals surface area contributed by atoms with Gasteiger partial charge in [-0.15, -0.1) is 11.3 Å². The molecular weight excluding hydrogens is 723 g/mol. The Morgan fingerprint density at radius 2 is 0.897 bits per heavy atom. The van der Waals surface area contributed by atoms with E-state index < -0.39 is 5.41 Å². The van der Waals surface area contributed by atoms with Crippen molar-refractivity contribution in [2.24, 2.45) is 0 Å². The maximum atomic E-state index is 6.43. The van der Waals surface area contributed by atoms with Crippen molar-refractivity contribution in [3.05, 3.63) is 222 Å². The lowest BCUT2D eigenvalue weighted by Crippen LogP contribution is -2.25. The number of nitrogens with zero attached hydrogens (tertiary/aromatic N) is 1. The molecule has 9 aromatic carbocycles. The Morgan fingerprint density at radius 3 is 1.67 bits per heavy atom. The number of rotatable bonds is 4. The number of hydrogen-bond donors (Lipinski definition) is 0. The van der Waals surface area contributed by atoms with Crippen molar-refractivity contribution in [3.8, 4) is 33.4 Å². The predicted molar refractivity (Wildman–Crippen MR) is 243 cm³/mol. The lowest BCUT2D eigenvalue weighted by atomic mass is 9.70. The van der Waals surface area contributed by atoms with Gasteiger partial charge in [-0.1, -0.05) is 152 Å². The van der Waals surface area contributed by atoms with Crippen LogP contribution in [0, 0.1) is 0 Å². The van der Waals surface area contributed by atoms with E-state index in [1.807, 2.05) is 17.4 Å². The molecule has 0 saturated carbocycles. The molecule has 58 heavy (non-hydrogen) atoms. The van der Waals surface area contributed by atoms with E-state index in [1.165, 1.54) is 64.7 Å². The van der Waals surface area contributed by atoms with Gasteiger partial charge < -0.3 is 9.32 Å². The van der Waals surface area contributed by atoms with E-state index in [2.05, 4.69) is 199 Å². The number of para-hydroxylation sites is 2. The summed E-state index contributed by atoms with van der Waals surface area (Å²) in [5, 5.41) is 4.85. The minimum absolute atomic E-state index is 0.394. The van der Waals surface area contributed by atoms with E-state index in [9.17, 15) is 0 Å². The van der Waals surface area contributed by atoms with Gasteiger partial charge in [0.05, 0.1) is 11.1 Å². The zero-order valence-corrected chi connectivity index (χ0v) is 32.1. The molecule has 270 valence electrons. The molecule has 0 aliphatic heterocycles. The van der Waals surface area contributed by atoms with Gasteiger partial charge in [0.1, 0.15) is 11.2 Å². The Labute approximate surface area is 339 Å². The van der Waals surface area contributed by atoms with Crippen LogP contribution in [0.5, 0.6) is 0 Å². The number of hydrogen-bond acceptors (Lipinski definition) is 3. The SMILES string of the molecule is c1ccc(N(c2ccc3c(c2)-c2ccccc2C32c3ccccc3-c3ccccc32)c2ccc3c(c2)sc2ccccc23)c(-c2cccc3oc4ccccc4c23)c1. The molecule has 0 unspecified atom stereocenters. The van der Waals surface area contributed by atoms with Crippen molar-refractivity contribution < 1.29 is 4.42 Å². The highest BCUT2D eigenvalue weighted by Gasteiger charge is 2.51. The summed E-state index contributed by atoms with van der Waals surface area (Å²) in [6.07, 6.45) is 0. The Morgan fingerprint density at radius 1 is 0.362 bits per heavy atom. The zero-order valence-electron chi connectivity index (χ0n) is 31.3. The number of anilines is 3. The number of furan rings is 1. The van der Waals surface area contributed by atoms with Crippen molar-refractivity contribution in [1.29, 1.82) is 0 Å². The second-order valence-electron chi connectivity index (χ2n) is 15.5. The van der Waals surface area contributed by atoms with E-state index in [0.717, 1.165) is 50.1 Å². The standard InChI is InChI=1S/C55H33NOS/c1-7-21-45-36(14-1)37-15-2-8-22-46(37)55(45)47-23-9-3-16-38(47)44-32-34(29-31-48(44)55)56(35-28-30-41-40-18-6-12-27-52(40)58-53(41)33-35)49-24-10-4-17-39(49)42-20-13-26-51-54(42)43-19-5-11-25-50(43)57-51/h1-33H. The fourth-order valence-corrected chi connectivity index (χ4v) is 11.5. The van der Waals surface area contributed by atoms with E-state index in [-0.39, 0.29) is 0 Å². The van der Waals surface area contributed by atoms with Crippen molar-refractivity contribution in [3.63, 3.8) is 0 Å². The van der Waals surface area contributed by atoms with Gasteiger partial charge in [0, 0.05) is 47.9 Å². The molecule has 1 spiro atoms. The average Bonchev–Trinajstić information content (AvgIpc) is 4.02. The lowest BCUT2D eigenvalue weighted by Gasteiger charge is -2.31. The molecule has 0 atom stereocenters. The molecule has 0 bridgehead atoms. The van der Waals surface area contributed by atoms with Crippen LogP contribution in [0.15, 0.2) is 205 Å². The van der Waals surface area contributed by atoms with E-state index >= 15 is 0 Å². The van der Waals surface area contributed by atoms with E-state index in [0.29, 0.717) is 0 Å². The largest absolute Gasteiger partial charge is 0.456 e. The van der Waals surface area contributed by atoms with Crippen LogP contribution < -0.4 is 4.90 Å². The van der Waals surface area contributed by atoms with Gasteiger partial charge in [0.25, 0.3) is 0 Å². The third-order valence-electron chi connectivity index (χ3n) is 12.7. The molecule has 3 heteroatoms. The summed E-state index contributed by atoms with van der Waals surface area (Å²) >= 11 is 1.86. The van der Waals surface area contributed by atoms with Crippen LogP contribution in [-0.2, 0) is 5.41 Å². The first-order chi connectivity index (χ1) is 28.8. The van der Waals surface area contributed by atoms with Gasteiger partial charge in [-0.2, -0.15) is 0 Å². The third-order valence-corrected chi connectivity index (χ3v) is 13.8. The normalized spacial score (nSPS) is 13.3. The molecule has 11 aromatic rings. The Hall–Kier alpha value is -7.20. The van der Waals surface area contributed by atoms with E-state index in [4.69, 9.17) is 4.42 Å². The number of fused-ring (bicyclic) bond motifs is 16. The van der Waals surface area contributed by atoms with Crippen molar-refractivity contribution in [2.75, 3.05) is 4.90 Å². The Balaban J connectivity index is 1.09. The number of thiophene rings is 1. The average molecular weight is 756 g/mol. The van der Waals surface area contributed by atoms with Crippen LogP contribution in [0.3, 0.4) is 0 Å². The predicted octanol–water partition coefficient (Wildman–Crippen LogP) is 15.4. The first-order valence-electron chi connectivity index (χ1n) is 19.9. The van der Waals surface area contributed by atoms with Crippen LogP contribution in [0.1, 0.15) is 22.3 Å². The zero-order chi connectivity index (χ0) is 38.0. The van der Waals surface area contributed by atoms with Crippen molar-refractivity contribution in [1.82, 2.24) is 0 Å². The second-order valence-corrected chi connectivity index (χ2v) is 16.6. The minimum Gasteiger partial charge on any atom is -0.456 e. The second kappa shape index (κ2) is 11.9. The highest BCUT2D eigenvalue weighted by atomic mass is 32.1. The third kappa shape index (κ3) is 4.21. The fraction of sp³-hybridized carbons (Fsp3) is 0.0182. The molecule has 0 saturated heterocycles. The van der Waals surface area contributed by atoms with E-state index in [1.54, 1.807) is 0 Å². The molecule has 2 aliphatic rings. The summed E-state index contributed by atoms with van der Waals surface area (Å²) in [6.45, 7) is 0. The first kappa shape index (κ1) is 31.9. The molecule has 0 N–H and O–H groups in total. The van der Waals surface area contributed by atoms with Gasteiger partial charge >= 0.3 is 0 Å². The van der Waals surface area contributed by atoms with Crippen molar-refractivity contribution in [2.45, 2.75) is 5.41 Å². The van der Waals surface area contributed by atoms with Crippen LogP contribution in [0.4, 0.5) is 17.1 Å². The highest BCUT2D eigenvalue weighted by Crippen LogP contribution is 2.63. The summed E-state index contributed by atoms with van der Waals surface area (Å²) in [5.74, 6) is 0. The van der Waals surface area contributed by atoms with Gasteiger partial charge in [-0.05, 0) is 98.6 Å². The van der Waals surface area contributed by atoms with Gasteiger partial charge in [-0.3, -0.25) is 0 Å². The molecule has 0 amide bonds. The van der Waals surface area contributed by atoms with Gasteiger partial charge in [-0.25, -0.2) is 0 Å². The molecule has 2 aromatic heterocycles. The molecule has 2 aliphatic carbocycles. The maximum absolute atomic E-state index is 6.43. The summed E-state index contributed by atoms with van der Waals surface area (Å²) in [6, 6.07) is 73.8. The van der Waals surface area contributed by atoms with Crippen LogP contribution in [0.2, 0.25) is 0 Å². The van der Waals surface area contributed by atoms with Gasteiger partial charge in [0.15, 0.2) is 0 Å². The molecule has 0 fully saturated rings. The number of benzene rings is 9. The summed E-state index contributed by atoms with van der Waals surface area (Å²) in [4.78, 5) is 2.48. The quantitative estimate of drug-likeness (QED) is 0.178. The van der Waals surface area contributed by atoms with Crippen LogP contribution in [0.25, 0.3) is 75.5 Å².